The molecule has 1 aliphatic rings. The minimum atomic E-state index is -0.0738. The van der Waals surface area contributed by atoms with Gasteiger partial charge in [-0.2, -0.15) is 9.61 Å². The predicted octanol–water partition coefficient (Wildman–Crippen LogP) is 3.36. The molecule has 4 rings (SSSR count). The SMILES string of the molecule is Cc1ccc([C@H](c2sc3ncnn3c2O)N2CCCCCC2)o1. The Balaban J connectivity index is 1.80. The summed E-state index contributed by atoms with van der Waals surface area (Å²) in [6, 6.07) is 3.92. The van der Waals surface area contributed by atoms with Crippen LogP contribution in [0, 0.1) is 6.92 Å². The lowest BCUT2D eigenvalue weighted by Gasteiger charge is -2.28. The number of rotatable bonds is 3. The third-order valence-electron chi connectivity index (χ3n) is 4.42. The summed E-state index contributed by atoms with van der Waals surface area (Å²) in [5.74, 6) is 1.94. The van der Waals surface area contributed by atoms with Gasteiger partial charge in [0.2, 0.25) is 10.8 Å². The highest BCUT2D eigenvalue weighted by Crippen LogP contribution is 2.40. The molecular weight excluding hydrogens is 312 g/mol. The van der Waals surface area contributed by atoms with Gasteiger partial charge in [0.25, 0.3) is 0 Å². The third kappa shape index (κ3) is 2.64. The summed E-state index contributed by atoms with van der Waals surface area (Å²) in [4.78, 5) is 8.19. The van der Waals surface area contributed by atoms with Crippen LogP contribution in [-0.2, 0) is 0 Å². The second-order valence-electron chi connectivity index (χ2n) is 6.05. The number of furan rings is 1. The maximum Gasteiger partial charge on any atom is 0.230 e. The maximum absolute atomic E-state index is 10.6. The van der Waals surface area contributed by atoms with E-state index in [-0.39, 0.29) is 11.9 Å². The Hall–Kier alpha value is -1.86. The van der Waals surface area contributed by atoms with Gasteiger partial charge in [-0.05, 0) is 45.0 Å². The first kappa shape index (κ1) is 14.7. The van der Waals surface area contributed by atoms with Crippen LogP contribution < -0.4 is 0 Å². The van der Waals surface area contributed by atoms with Gasteiger partial charge in [-0.1, -0.05) is 24.2 Å². The van der Waals surface area contributed by atoms with Crippen molar-refractivity contribution in [2.24, 2.45) is 0 Å². The number of thiazole rings is 1. The molecule has 4 heterocycles. The highest BCUT2D eigenvalue weighted by Gasteiger charge is 2.31. The number of aromatic nitrogens is 3. The lowest BCUT2D eigenvalue weighted by Crippen LogP contribution is -2.30. The lowest BCUT2D eigenvalue weighted by molar-refractivity contribution is 0.208. The molecule has 1 fully saturated rings. The summed E-state index contributed by atoms with van der Waals surface area (Å²) in [6.07, 6.45) is 6.35. The van der Waals surface area contributed by atoms with Crippen molar-refractivity contribution in [1.29, 1.82) is 0 Å². The Morgan fingerprint density at radius 2 is 2.00 bits per heavy atom. The highest BCUT2D eigenvalue weighted by atomic mass is 32.1. The lowest BCUT2D eigenvalue weighted by atomic mass is 10.1. The molecule has 122 valence electrons. The van der Waals surface area contributed by atoms with Crippen molar-refractivity contribution in [1.82, 2.24) is 19.5 Å². The fraction of sp³-hybridized carbons (Fsp3) is 0.500. The maximum atomic E-state index is 10.6. The monoisotopic (exact) mass is 332 g/mol. The molecule has 0 radical (unpaired) electrons. The Morgan fingerprint density at radius 3 is 2.65 bits per heavy atom. The number of fused-ring (bicyclic) bond motifs is 1. The van der Waals surface area contributed by atoms with Crippen LogP contribution >= 0.6 is 11.3 Å². The molecule has 3 aromatic rings. The highest BCUT2D eigenvalue weighted by molar-refractivity contribution is 7.17. The van der Waals surface area contributed by atoms with Crippen molar-refractivity contribution in [3.63, 3.8) is 0 Å². The fourth-order valence-electron chi connectivity index (χ4n) is 3.30. The van der Waals surface area contributed by atoms with Crippen molar-refractivity contribution in [3.8, 4) is 5.88 Å². The second kappa shape index (κ2) is 5.98. The van der Waals surface area contributed by atoms with Crippen LogP contribution in [0.2, 0.25) is 0 Å². The van der Waals surface area contributed by atoms with E-state index in [1.807, 2.05) is 19.1 Å². The summed E-state index contributed by atoms with van der Waals surface area (Å²) >= 11 is 1.48. The average molecular weight is 332 g/mol. The molecule has 1 N–H and O–H groups in total. The molecule has 23 heavy (non-hydrogen) atoms. The van der Waals surface area contributed by atoms with Crippen LogP contribution in [0.3, 0.4) is 0 Å². The van der Waals surface area contributed by atoms with Crippen LogP contribution in [-0.4, -0.2) is 37.7 Å². The Labute approximate surface area is 138 Å². The first-order valence-electron chi connectivity index (χ1n) is 8.06. The molecule has 1 saturated heterocycles. The van der Waals surface area contributed by atoms with E-state index in [2.05, 4.69) is 15.0 Å². The van der Waals surface area contributed by atoms with Crippen LogP contribution in [0.15, 0.2) is 22.9 Å². The zero-order valence-electron chi connectivity index (χ0n) is 13.1. The van der Waals surface area contributed by atoms with Gasteiger partial charge < -0.3 is 9.52 Å². The molecule has 1 aliphatic heterocycles. The van der Waals surface area contributed by atoms with Crippen molar-refractivity contribution < 1.29 is 9.52 Å². The van der Waals surface area contributed by atoms with Gasteiger partial charge >= 0.3 is 0 Å². The number of likely N-dealkylation sites (tertiary alicyclic amines) is 1. The molecule has 0 saturated carbocycles. The van der Waals surface area contributed by atoms with E-state index >= 15 is 0 Å². The van der Waals surface area contributed by atoms with Crippen molar-refractivity contribution in [2.75, 3.05) is 13.1 Å². The summed E-state index contributed by atoms with van der Waals surface area (Å²) in [7, 11) is 0. The van der Waals surface area contributed by atoms with E-state index in [9.17, 15) is 5.11 Å². The number of hydrogen-bond donors (Lipinski definition) is 1. The van der Waals surface area contributed by atoms with Gasteiger partial charge in [0.15, 0.2) is 0 Å². The zero-order valence-corrected chi connectivity index (χ0v) is 13.9. The van der Waals surface area contributed by atoms with Gasteiger partial charge in [-0.3, -0.25) is 4.90 Å². The van der Waals surface area contributed by atoms with Gasteiger partial charge in [0.1, 0.15) is 23.9 Å². The number of aryl methyl sites for hydroxylation is 1. The molecule has 0 aliphatic carbocycles. The fourth-order valence-corrected chi connectivity index (χ4v) is 4.37. The molecule has 0 amide bonds. The van der Waals surface area contributed by atoms with E-state index in [0.29, 0.717) is 4.96 Å². The second-order valence-corrected chi connectivity index (χ2v) is 7.05. The minimum Gasteiger partial charge on any atom is -0.492 e. The minimum absolute atomic E-state index is 0.0738. The number of hydrogen-bond acceptors (Lipinski definition) is 6. The van der Waals surface area contributed by atoms with Crippen LogP contribution in [0.4, 0.5) is 0 Å². The topological polar surface area (TPSA) is 66.8 Å². The predicted molar refractivity (Wildman–Crippen MR) is 87.9 cm³/mol. The Bertz CT molecular complexity index is 798. The van der Waals surface area contributed by atoms with E-state index in [1.165, 1.54) is 47.9 Å². The van der Waals surface area contributed by atoms with E-state index in [0.717, 1.165) is 29.5 Å². The summed E-state index contributed by atoms with van der Waals surface area (Å²) in [5.41, 5.74) is 0. The normalized spacial score (nSPS) is 18.3. The van der Waals surface area contributed by atoms with Crippen molar-refractivity contribution in [3.05, 3.63) is 34.9 Å². The van der Waals surface area contributed by atoms with Crippen molar-refractivity contribution in [2.45, 2.75) is 38.6 Å². The first-order chi connectivity index (χ1) is 11.2. The third-order valence-corrected chi connectivity index (χ3v) is 5.51. The molecule has 3 aromatic heterocycles. The first-order valence-corrected chi connectivity index (χ1v) is 8.87. The van der Waals surface area contributed by atoms with Gasteiger partial charge in [0, 0.05) is 0 Å². The van der Waals surface area contributed by atoms with Gasteiger partial charge in [0.05, 0.1) is 4.88 Å². The number of aromatic hydroxyl groups is 1. The Kier molecular flexibility index (Phi) is 3.82. The smallest absolute Gasteiger partial charge is 0.230 e. The summed E-state index contributed by atoms with van der Waals surface area (Å²) < 4.78 is 7.43. The molecule has 0 aromatic carbocycles. The summed E-state index contributed by atoms with van der Waals surface area (Å²) in [6.45, 7) is 3.97. The van der Waals surface area contributed by atoms with E-state index < -0.39 is 0 Å². The van der Waals surface area contributed by atoms with Gasteiger partial charge in [-0.25, -0.2) is 4.98 Å². The molecule has 0 spiro atoms. The van der Waals surface area contributed by atoms with E-state index in [4.69, 9.17) is 4.42 Å². The number of nitrogens with zero attached hydrogens (tertiary/aromatic N) is 4. The van der Waals surface area contributed by atoms with Crippen LogP contribution in [0.1, 0.15) is 48.1 Å². The van der Waals surface area contributed by atoms with Gasteiger partial charge in [-0.15, -0.1) is 0 Å². The average Bonchev–Trinajstić information content (AvgIpc) is 3.16. The quantitative estimate of drug-likeness (QED) is 0.796. The molecule has 6 nitrogen and oxygen atoms in total. The zero-order chi connectivity index (χ0) is 15.8. The molecular formula is C16H20N4O2S. The standard InChI is InChI=1S/C16H20N4O2S/c1-11-6-7-12(22-11)13(19-8-4-2-3-5-9-19)14-15(21)20-16(23-14)17-10-18-20/h6-7,10,13,21H,2-5,8-9H2,1H3/t13-/m1/s1. The molecule has 1 atom stereocenters. The molecule has 0 bridgehead atoms. The van der Waals surface area contributed by atoms with Crippen LogP contribution in [0.5, 0.6) is 5.88 Å². The summed E-state index contributed by atoms with van der Waals surface area (Å²) in [5, 5.41) is 14.7. The van der Waals surface area contributed by atoms with Crippen LogP contribution in [0.25, 0.3) is 4.96 Å². The Morgan fingerprint density at radius 1 is 1.22 bits per heavy atom. The molecule has 7 heteroatoms. The van der Waals surface area contributed by atoms with Crippen molar-refractivity contribution >= 4 is 16.3 Å². The molecule has 0 unspecified atom stereocenters. The van der Waals surface area contributed by atoms with E-state index in [1.54, 1.807) is 0 Å². The largest absolute Gasteiger partial charge is 0.492 e.